The highest BCUT2D eigenvalue weighted by Gasteiger charge is 2.35. The van der Waals surface area contributed by atoms with Crippen LogP contribution in [-0.4, -0.2) is 24.1 Å². The topological polar surface area (TPSA) is 52.6 Å². The molecule has 0 fully saturated rings. The van der Waals surface area contributed by atoms with Crippen LogP contribution < -0.4 is 0 Å². The summed E-state index contributed by atoms with van der Waals surface area (Å²) in [6.07, 6.45) is 7.32. The van der Waals surface area contributed by atoms with E-state index in [1.54, 1.807) is 0 Å². The number of esters is 2. The van der Waals surface area contributed by atoms with E-state index in [-0.39, 0.29) is 36.0 Å². The smallest absolute Gasteiger partial charge is 0.338 e. The van der Waals surface area contributed by atoms with Crippen molar-refractivity contribution in [2.45, 2.75) is 105 Å². The summed E-state index contributed by atoms with van der Waals surface area (Å²) in [4.78, 5) is 26.0. The van der Waals surface area contributed by atoms with Gasteiger partial charge in [0.15, 0.2) is 0 Å². The van der Waals surface area contributed by atoms with E-state index in [1.807, 2.05) is 55.5 Å². The van der Waals surface area contributed by atoms with Crippen LogP contribution in [0.2, 0.25) is 0 Å². The Labute approximate surface area is 218 Å². The lowest BCUT2D eigenvalue weighted by Gasteiger charge is -2.34. The molecule has 0 bridgehead atoms. The molecular weight excluding hydrogens is 448 g/mol. The zero-order valence-electron chi connectivity index (χ0n) is 23.2. The van der Waals surface area contributed by atoms with Crippen molar-refractivity contribution in [2.75, 3.05) is 0 Å². The molecule has 0 amide bonds. The zero-order chi connectivity index (χ0) is 26.5. The highest BCUT2D eigenvalue weighted by Crippen LogP contribution is 2.29. The molecular formula is C32H46O4. The number of aryl methyl sites for hydroxylation is 2. The van der Waals surface area contributed by atoms with E-state index in [0.29, 0.717) is 17.5 Å². The Hall–Kier alpha value is -2.62. The van der Waals surface area contributed by atoms with E-state index in [9.17, 15) is 9.59 Å². The van der Waals surface area contributed by atoms with E-state index in [4.69, 9.17) is 9.47 Å². The minimum absolute atomic E-state index is 0.0874. The fourth-order valence-electron chi connectivity index (χ4n) is 4.67. The molecule has 3 unspecified atom stereocenters. The van der Waals surface area contributed by atoms with Gasteiger partial charge in [0.1, 0.15) is 12.2 Å². The largest absolute Gasteiger partial charge is 0.458 e. The lowest BCUT2D eigenvalue weighted by molar-refractivity contribution is -0.0492. The van der Waals surface area contributed by atoms with Crippen molar-refractivity contribution in [1.29, 1.82) is 0 Å². The molecule has 0 aliphatic rings. The van der Waals surface area contributed by atoms with Crippen molar-refractivity contribution in [3.05, 3.63) is 70.8 Å². The number of carbonyl (C=O) groups is 2. The van der Waals surface area contributed by atoms with Crippen molar-refractivity contribution < 1.29 is 19.1 Å². The molecule has 0 spiro atoms. The Kier molecular flexibility index (Phi) is 12.7. The SMILES string of the molecule is CCCCc1ccc(C(=O)OC(CC)C(CC)C(OC(=O)c2ccc(CCCC)cc2)C(C)C)cc1. The van der Waals surface area contributed by atoms with E-state index < -0.39 is 0 Å². The van der Waals surface area contributed by atoms with Crippen molar-refractivity contribution in [1.82, 2.24) is 0 Å². The molecule has 3 atom stereocenters. The van der Waals surface area contributed by atoms with Crippen LogP contribution in [-0.2, 0) is 22.3 Å². The molecule has 0 radical (unpaired) electrons. The molecule has 4 nitrogen and oxygen atoms in total. The number of ether oxygens (including phenoxy) is 2. The van der Waals surface area contributed by atoms with E-state index in [2.05, 4.69) is 34.6 Å². The van der Waals surface area contributed by atoms with Crippen LogP contribution in [0, 0.1) is 11.8 Å². The summed E-state index contributed by atoms with van der Waals surface area (Å²) >= 11 is 0. The van der Waals surface area contributed by atoms with Gasteiger partial charge in [0.05, 0.1) is 11.1 Å². The van der Waals surface area contributed by atoms with Gasteiger partial charge in [0.2, 0.25) is 0 Å². The van der Waals surface area contributed by atoms with Gasteiger partial charge in [-0.1, -0.05) is 78.6 Å². The third-order valence-electron chi connectivity index (χ3n) is 6.95. The second kappa shape index (κ2) is 15.5. The highest BCUT2D eigenvalue weighted by atomic mass is 16.6. The Balaban J connectivity index is 2.10. The number of carbonyl (C=O) groups excluding carboxylic acids is 2. The molecule has 2 rings (SSSR count). The van der Waals surface area contributed by atoms with Crippen LogP contribution in [0.15, 0.2) is 48.5 Å². The summed E-state index contributed by atoms with van der Waals surface area (Å²) in [5.41, 5.74) is 3.59. The van der Waals surface area contributed by atoms with E-state index in [0.717, 1.165) is 44.9 Å². The fraction of sp³-hybridized carbons (Fsp3) is 0.562. The maximum absolute atomic E-state index is 13.0. The summed E-state index contributed by atoms with van der Waals surface area (Å²) in [7, 11) is 0. The predicted octanol–water partition coefficient (Wildman–Crippen LogP) is 8.22. The van der Waals surface area contributed by atoms with Crippen molar-refractivity contribution in [3.63, 3.8) is 0 Å². The van der Waals surface area contributed by atoms with Crippen molar-refractivity contribution in [2.24, 2.45) is 11.8 Å². The fourth-order valence-corrected chi connectivity index (χ4v) is 4.67. The highest BCUT2D eigenvalue weighted by molar-refractivity contribution is 5.90. The van der Waals surface area contributed by atoms with E-state index >= 15 is 0 Å². The lowest BCUT2D eigenvalue weighted by Crippen LogP contribution is -2.40. The van der Waals surface area contributed by atoms with Crippen molar-refractivity contribution in [3.8, 4) is 0 Å². The summed E-state index contributed by atoms with van der Waals surface area (Å²) < 4.78 is 12.1. The first-order chi connectivity index (χ1) is 17.3. The standard InChI is InChI=1S/C32H46O4/c1-7-11-13-24-15-19-26(20-16-24)31(33)35-29(10-4)28(9-3)30(23(5)6)36-32(34)27-21-17-25(18-22-27)14-12-8-2/h15-23,28-30H,7-14H2,1-6H3. The molecule has 0 saturated carbocycles. The number of unbranched alkanes of at least 4 members (excludes halogenated alkanes) is 2. The third-order valence-corrected chi connectivity index (χ3v) is 6.95. The summed E-state index contributed by atoms with van der Waals surface area (Å²) in [6.45, 7) is 12.5. The molecule has 0 saturated heterocycles. The molecule has 2 aromatic rings. The maximum Gasteiger partial charge on any atom is 0.338 e. The maximum atomic E-state index is 13.0. The lowest BCUT2D eigenvalue weighted by atomic mass is 9.85. The average molecular weight is 495 g/mol. The van der Waals surface area contributed by atoms with Crippen LogP contribution in [0.3, 0.4) is 0 Å². The van der Waals surface area contributed by atoms with Gasteiger partial charge in [0, 0.05) is 5.92 Å². The van der Waals surface area contributed by atoms with Crippen LogP contribution in [0.1, 0.15) is 112 Å². The minimum Gasteiger partial charge on any atom is -0.458 e. The van der Waals surface area contributed by atoms with Gasteiger partial charge in [-0.2, -0.15) is 0 Å². The molecule has 0 heterocycles. The Bertz CT molecular complexity index is 914. The third kappa shape index (κ3) is 8.80. The van der Waals surface area contributed by atoms with Gasteiger partial charge in [-0.15, -0.1) is 0 Å². The number of hydrogen-bond acceptors (Lipinski definition) is 4. The quantitative estimate of drug-likeness (QED) is 0.234. The Morgan fingerprint density at radius 2 is 1.11 bits per heavy atom. The Morgan fingerprint density at radius 3 is 1.47 bits per heavy atom. The first kappa shape index (κ1) is 29.6. The van der Waals surface area contributed by atoms with Crippen molar-refractivity contribution >= 4 is 11.9 Å². The minimum atomic E-state index is -0.351. The predicted molar refractivity (Wildman–Crippen MR) is 147 cm³/mol. The van der Waals surface area contributed by atoms with Gasteiger partial charge < -0.3 is 9.47 Å². The molecule has 0 aromatic heterocycles. The molecule has 0 N–H and O–H groups in total. The number of rotatable bonds is 15. The van der Waals surface area contributed by atoms with Gasteiger partial charge in [-0.25, -0.2) is 9.59 Å². The second-order valence-corrected chi connectivity index (χ2v) is 10.1. The van der Waals surface area contributed by atoms with Crippen LogP contribution in [0.5, 0.6) is 0 Å². The zero-order valence-corrected chi connectivity index (χ0v) is 23.2. The first-order valence-electron chi connectivity index (χ1n) is 13.9. The molecule has 2 aromatic carbocycles. The molecule has 4 heteroatoms. The first-order valence-corrected chi connectivity index (χ1v) is 13.9. The van der Waals surface area contributed by atoms with E-state index in [1.165, 1.54) is 11.1 Å². The van der Waals surface area contributed by atoms with Gasteiger partial charge in [-0.05, 0) is 79.8 Å². The molecule has 198 valence electrons. The van der Waals surface area contributed by atoms with Gasteiger partial charge >= 0.3 is 11.9 Å². The summed E-state index contributed by atoms with van der Waals surface area (Å²) in [6, 6.07) is 15.5. The van der Waals surface area contributed by atoms with Gasteiger partial charge in [-0.3, -0.25) is 0 Å². The summed E-state index contributed by atoms with van der Waals surface area (Å²) in [5, 5.41) is 0. The average Bonchev–Trinajstić information content (AvgIpc) is 2.90. The number of benzene rings is 2. The summed E-state index contributed by atoms with van der Waals surface area (Å²) in [5.74, 6) is -0.638. The van der Waals surface area contributed by atoms with Crippen LogP contribution in [0.25, 0.3) is 0 Å². The normalized spacial score (nSPS) is 13.8. The molecule has 36 heavy (non-hydrogen) atoms. The van der Waals surface area contributed by atoms with Crippen LogP contribution in [0.4, 0.5) is 0 Å². The molecule has 0 aliphatic heterocycles. The second-order valence-electron chi connectivity index (χ2n) is 10.1. The number of hydrogen-bond donors (Lipinski definition) is 0. The Morgan fingerprint density at radius 1 is 0.667 bits per heavy atom. The van der Waals surface area contributed by atoms with Gasteiger partial charge in [0.25, 0.3) is 0 Å². The van der Waals surface area contributed by atoms with Crippen LogP contribution >= 0.6 is 0 Å². The monoisotopic (exact) mass is 494 g/mol. The molecule has 0 aliphatic carbocycles.